The molecule has 1 aliphatic rings. The lowest BCUT2D eigenvalue weighted by molar-refractivity contribution is 0.185. The average molecular weight is 281 g/mol. The van der Waals surface area contributed by atoms with Gasteiger partial charge in [-0.1, -0.05) is 19.0 Å². The molecular formula is C15H27N3O2. The summed E-state index contributed by atoms with van der Waals surface area (Å²) in [4.78, 5) is 4.60. The normalized spacial score (nSPS) is 22.1. The predicted molar refractivity (Wildman–Crippen MR) is 77.7 cm³/mol. The Bertz CT molecular complexity index is 388. The Kier molecular flexibility index (Phi) is 5.98. The van der Waals surface area contributed by atoms with Crippen molar-refractivity contribution in [3.05, 3.63) is 11.7 Å². The molecule has 0 aliphatic carbocycles. The van der Waals surface area contributed by atoms with Gasteiger partial charge >= 0.3 is 0 Å². The van der Waals surface area contributed by atoms with E-state index in [1.54, 1.807) is 0 Å². The molecule has 3 unspecified atom stereocenters. The van der Waals surface area contributed by atoms with Crippen LogP contribution >= 0.6 is 0 Å². The van der Waals surface area contributed by atoms with Crippen molar-refractivity contribution in [3.8, 4) is 0 Å². The maximum Gasteiger partial charge on any atom is 0.231 e. The van der Waals surface area contributed by atoms with Gasteiger partial charge in [-0.05, 0) is 38.6 Å². The van der Waals surface area contributed by atoms with Crippen molar-refractivity contribution >= 4 is 0 Å². The Morgan fingerprint density at radius 2 is 2.25 bits per heavy atom. The first-order valence-electron chi connectivity index (χ1n) is 7.88. The zero-order chi connectivity index (χ0) is 14.4. The smallest absolute Gasteiger partial charge is 0.231 e. The molecule has 5 heteroatoms. The lowest BCUT2D eigenvalue weighted by Gasteiger charge is -2.20. The van der Waals surface area contributed by atoms with E-state index in [0.717, 1.165) is 57.2 Å². The standard InChI is InChI=1S/C15H27N3O2/c1-4-7-16-11(3)13(5-2)15-17-14(18-20-15)9-12-6-8-19-10-12/h11-13,16H,4-10H2,1-3H3. The fraction of sp³-hybridized carbons (Fsp3) is 0.867. The highest BCUT2D eigenvalue weighted by molar-refractivity contribution is 4.99. The third kappa shape index (κ3) is 4.03. The number of hydrogen-bond acceptors (Lipinski definition) is 5. The highest BCUT2D eigenvalue weighted by Gasteiger charge is 2.25. The van der Waals surface area contributed by atoms with Crippen LogP contribution in [-0.4, -0.2) is 35.9 Å². The molecule has 1 aliphatic heterocycles. The molecule has 0 amide bonds. The average Bonchev–Trinajstić information content (AvgIpc) is 3.10. The summed E-state index contributed by atoms with van der Waals surface area (Å²) in [5, 5.41) is 7.66. The Balaban J connectivity index is 1.94. The van der Waals surface area contributed by atoms with E-state index in [1.807, 2.05) is 0 Å². The summed E-state index contributed by atoms with van der Waals surface area (Å²) in [6, 6.07) is 0.364. The molecule has 5 nitrogen and oxygen atoms in total. The molecule has 1 saturated heterocycles. The minimum absolute atomic E-state index is 0.294. The van der Waals surface area contributed by atoms with Crippen LogP contribution in [0.15, 0.2) is 4.52 Å². The summed E-state index contributed by atoms with van der Waals surface area (Å²) in [5.41, 5.74) is 0. The van der Waals surface area contributed by atoms with Crippen LogP contribution in [0.5, 0.6) is 0 Å². The number of rotatable bonds is 8. The Morgan fingerprint density at radius 1 is 1.40 bits per heavy atom. The van der Waals surface area contributed by atoms with E-state index >= 15 is 0 Å². The minimum Gasteiger partial charge on any atom is -0.381 e. The lowest BCUT2D eigenvalue weighted by atomic mass is 9.98. The lowest BCUT2D eigenvalue weighted by Crippen LogP contribution is -2.32. The third-order valence-corrected chi connectivity index (χ3v) is 4.06. The van der Waals surface area contributed by atoms with Crippen molar-refractivity contribution in [2.75, 3.05) is 19.8 Å². The van der Waals surface area contributed by atoms with Crippen LogP contribution in [0, 0.1) is 5.92 Å². The van der Waals surface area contributed by atoms with Gasteiger partial charge in [-0.25, -0.2) is 0 Å². The van der Waals surface area contributed by atoms with Gasteiger partial charge in [0.25, 0.3) is 0 Å². The van der Waals surface area contributed by atoms with Crippen LogP contribution in [0.1, 0.15) is 57.7 Å². The molecule has 1 aromatic heterocycles. The van der Waals surface area contributed by atoms with Crippen molar-refractivity contribution in [2.24, 2.45) is 5.92 Å². The van der Waals surface area contributed by atoms with E-state index in [9.17, 15) is 0 Å². The van der Waals surface area contributed by atoms with E-state index in [4.69, 9.17) is 9.26 Å². The van der Waals surface area contributed by atoms with Crippen molar-refractivity contribution < 1.29 is 9.26 Å². The molecule has 0 saturated carbocycles. The molecule has 1 fully saturated rings. The first kappa shape index (κ1) is 15.4. The molecule has 1 aromatic rings. The van der Waals surface area contributed by atoms with Gasteiger partial charge in [0.05, 0.1) is 5.92 Å². The molecule has 0 spiro atoms. The van der Waals surface area contributed by atoms with E-state index in [2.05, 4.69) is 36.2 Å². The fourth-order valence-corrected chi connectivity index (χ4v) is 2.76. The summed E-state index contributed by atoms with van der Waals surface area (Å²) >= 11 is 0. The number of nitrogens with zero attached hydrogens (tertiary/aromatic N) is 2. The fourth-order valence-electron chi connectivity index (χ4n) is 2.76. The molecule has 2 heterocycles. The van der Waals surface area contributed by atoms with E-state index in [0.29, 0.717) is 17.9 Å². The summed E-state index contributed by atoms with van der Waals surface area (Å²) in [5.74, 6) is 2.45. The Morgan fingerprint density at radius 3 is 2.90 bits per heavy atom. The second-order valence-electron chi connectivity index (χ2n) is 5.74. The zero-order valence-electron chi connectivity index (χ0n) is 12.9. The topological polar surface area (TPSA) is 60.2 Å². The van der Waals surface area contributed by atoms with Gasteiger partial charge in [-0.2, -0.15) is 4.98 Å². The van der Waals surface area contributed by atoms with Gasteiger partial charge in [-0.3, -0.25) is 0 Å². The molecule has 114 valence electrons. The summed E-state index contributed by atoms with van der Waals surface area (Å²) in [7, 11) is 0. The van der Waals surface area contributed by atoms with Crippen molar-refractivity contribution in [1.29, 1.82) is 0 Å². The van der Waals surface area contributed by atoms with E-state index < -0.39 is 0 Å². The molecule has 20 heavy (non-hydrogen) atoms. The van der Waals surface area contributed by atoms with E-state index in [-0.39, 0.29) is 0 Å². The maximum absolute atomic E-state index is 5.49. The van der Waals surface area contributed by atoms with Crippen LogP contribution < -0.4 is 5.32 Å². The largest absolute Gasteiger partial charge is 0.381 e. The highest BCUT2D eigenvalue weighted by atomic mass is 16.5. The summed E-state index contributed by atoms with van der Waals surface area (Å²) in [6.07, 6.45) is 4.12. The quantitative estimate of drug-likeness (QED) is 0.793. The molecule has 3 atom stereocenters. The summed E-state index contributed by atoms with van der Waals surface area (Å²) in [6.45, 7) is 9.26. The number of hydrogen-bond donors (Lipinski definition) is 1. The van der Waals surface area contributed by atoms with Crippen molar-refractivity contribution in [2.45, 2.75) is 58.4 Å². The monoisotopic (exact) mass is 281 g/mol. The van der Waals surface area contributed by atoms with Crippen molar-refractivity contribution in [3.63, 3.8) is 0 Å². The predicted octanol–water partition coefficient (Wildman–Crippen LogP) is 2.53. The van der Waals surface area contributed by atoms with Gasteiger partial charge in [0.2, 0.25) is 5.89 Å². The molecule has 2 rings (SSSR count). The third-order valence-electron chi connectivity index (χ3n) is 4.06. The molecule has 0 aromatic carbocycles. The number of ether oxygens (including phenoxy) is 1. The van der Waals surface area contributed by atoms with Crippen molar-refractivity contribution in [1.82, 2.24) is 15.5 Å². The second-order valence-corrected chi connectivity index (χ2v) is 5.74. The van der Waals surface area contributed by atoms with Gasteiger partial charge in [0, 0.05) is 25.7 Å². The molecule has 1 N–H and O–H groups in total. The van der Waals surface area contributed by atoms with Crippen LogP contribution in [-0.2, 0) is 11.2 Å². The van der Waals surface area contributed by atoms with Crippen LogP contribution in [0.3, 0.4) is 0 Å². The summed E-state index contributed by atoms with van der Waals surface area (Å²) < 4.78 is 10.9. The van der Waals surface area contributed by atoms with Gasteiger partial charge in [0.1, 0.15) is 0 Å². The number of aromatic nitrogens is 2. The van der Waals surface area contributed by atoms with Crippen LogP contribution in [0.2, 0.25) is 0 Å². The number of nitrogens with one attached hydrogen (secondary N) is 1. The van der Waals surface area contributed by atoms with E-state index in [1.165, 1.54) is 0 Å². The SMILES string of the molecule is CCCNC(C)C(CC)c1nc(CC2CCOC2)no1. The minimum atomic E-state index is 0.294. The Labute approximate surface area is 121 Å². The Hall–Kier alpha value is -0.940. The molecular weight excluding hydrogens is 254 g/mol. The first-order chi connectivity index (χ1) is 9.74. The van der Waals surface area contributed by atoms with Crippen LogP contribution in [0.4, 0.5) is 0 Å². The first-order valence-corrected chi connectivity index (χ1v) is 7.88. The molecule has 0 bridgehead atoms. The zero-order valence-corrected chi connectivity index (χ0v) is 12.9. The van der Waals surface area contributed by atoms with Gasteiger partial charge in [0.15, 0.2) is 5.82 Å². The van der Waals surface area contributed by atoms with Crippen LogP contribution in [0.25, 0.3) is 0 Å². The highest BCUT2D eigenvalue weighted by Crippen LogP contribution is 2.23. The second kappa shape index (κ2) is 7.74. The molecule has 0 radical (unpaired) electrons. The van der Waals surface area contributed by atoms with Gasteiger partial charge in [-0.15, -0.1) is 0 Å². The van der Waals surface area contributed by atoms with Gasteiger partial charge < -0.3 is 14.6 Å². The maximum atomic E-state index is 5.49.